The fraction of sp³-hybridized carbons (Fsp3) is 0. The molecule has 2 aliphatic carbocycles. The molecule has 0 radical (unpaired) electrons. The molecule has 0 saturated heterocycles. The van der Waals surface area contributed by atoms with Crippen molar-refractivity contribution in [1.29, 1.82) is 21.0 Å². The number of phenolic OH excluding ortho intramolecular Hbond substituents is 1. The van der Waals surface area contributed by atoms with E-state index in [4.69, 9.17) is 32.9 Å². The molecule has 7 rings (SSSR count). The van der Waals surface area contributed by atoms with E-state index in [-0.39, 0.29) is 56.4 Å². The third-order valence-corrected chi connectivity index (χ3v) is 9.50. The second-order valence-corrected chi connectivity index (χ2v) is 12.5. The first-order chi connectivity index (χ1) is 27.7. The van der Waals surface area contributed by atoms with E-state index in [0.29, 0.717) is 66.9 Å². The molecule has 57 heavy (non-hydrogen) atoms. The van der Waals surface area contributed by atoms with Crippen LogP contribution in [0.15, 0.2) is 97.1 Å². The number of aromatic hydroxyl groups is 1. The third-order valence-electron chi connectivity index (χ3n) is 9.50. The number of nitriles is 4. The van der Waals surface area contributed by atoms with Gasteiger partial charge in [0.2, 0.25) is 5.70 Å². The molecule has 0 spiro atoms. The van der Waals surface area contributed by atoms with Crippen LogP contribution in [0, 0.1) is 78.2 Å². The maximum Gasteiger partial charge on any atom is 0.201 e. The maximum atomic E-state index is 10.9. The van der Waals surface area contributed by atoms with E-state index >= 15 is 0 Å². The lowest BCUT2D eigenvalue weighted by molar-refractivity contribution is 0.475. The van der Waals surface area contributed by atoms with Crippen molar-refractivity contribution >= 4 is 61.9 Å². The van der Waals surface area contributed by atoms with Crippen LogP contribution in [-0.4, -0.2) is 5.11 Å². The zero-order valence-electron chi connectivity index (χ0n) is 29.2. The molecule has 10 heteroatoms. The van der Waals surface area contributed by atoms with E-state index in [1.165, 1.54) is 36.4 Å². The molecule has 0 saturated carbocycles. The number of allylic oxidation sites excluding steroid dienone is 6. The molecule has 0 aliphatic heterocycles. The average Bonchev–Trinajstić information content (AvgIpc) is 3.74. The van der Waals surface area contributed by atoms with Gasteiger partial charge in [0.1, 0.15) is 17.9 Å². The number of benzene rings is 5. The van der Waals surface area contributed by atoms with Crippen molar-refractivity contribution in [2.45, 2.75) is 0 Å². The third kappa shape index (κ3) is 5.87. The van der Waals surface area contributed by atoms with Crippen LogP contribution in [0.5, 0.6) is 5.75 Å². The van der Waals surface area contributed by atoms with Crippen molar-refractivity contribution in [2.24, 2.45) is 0 Å². The summed E-state index contributed by atoms with van der Waals surface area (Å²) in [4.78, 5) is 18.3. The van der Waals surface area contributed by atoms with Gasteiger partial charge in [-0.05, 0) is 98.6 Å². The molecule has 0 atom stereocenters. The number of fused-ring (bicyclic) bond motifs is 2. The lowest BCUT2D eigenvalue weighted by atomic mass is 9.87. The first-order valence-corrected chi connectivity index (χ1v) is 16.6. The molecule has 5 aromatic carbocycles. The first-order valence-electron chi connectivity index (χ1n) is 16.6. The lowest BCUT2D eigenvalue weighted by Gasteiger charge is -2.15. The molecule has 0 aromatic heterocycles. The van der Waals surface area contributed by atoms with Crippen LogP contribution in [0.25, 0.3) is 69.1 Å². The largest absolute Gasteiger partial charge is 0.509 e. The highest BCUT2D eigenvalue weighted by Crippen LogP contribution is 2.56. The predicted octanol–water partition coefficient (Wildman–Crippen LogP) is 11.3. The van der Waals surface area contributed by atoms with Gasteiger partial charge in [-0.25, -0.2) is 24.2 Å². The predicted molar refractivity (Wildman–Crippen MR) is 214 cm³/mol. The number of phenols is 1. The number of hydrogen-bond acceptors (Lipinski definition) is 5. The van der Waals surface area contributed by atoms with Gasteiger partial charge < -0.3 is 5.11 Å². The number of hydrogen-bond donors (Lipinski definition) is 1. The summed E-state index contributed by atoms with van der Waals surface area (Å²) in [7, 11) is 0. The number of nitrogens with zero attached hydrogens (tertiary/aromatic N) is 9. The van der Waals surface area contributed by atoms with Crippen LogP contribution in [0.2, 0.25) is 0 Å². The quantitative estimate of drug-likeness (QED) is 0.145. The van der Waals surface area contributed by atoms with Crippen molar-refractivity contribution in [3.05, 3.63) is 210 Å². The molecular formula is C47H17N9O. The highest BCUT2D eigenvalue weighted by Gasteiger charge is 2.37. The van der Waals surface area contributed by atoms with Gasteiger partial charge in [-0.15, -0.1) is 0 Å². The topological polar surface area (TPSA) is 137 Å². The average molecular weight is 724 g/mol. The molecule has 0 heterocycles. The van der Waals surface area contributed by atoms with E-state index < -0.39 is 0 Å². The van der Waals surface area contributed by atoms with E-state index in [1.807, 2.05) is 6.07 Å². The molecule has 0 unspecified atom stereocenters. The summed E-state index contributed by atoms with van der Waals surface area (Å²) in [5.41, 5.74) is 5.71. The summed E-state index contributed by atoms with van der Waals surface area (Å²) < 4.78 is 0. The van der Waals surface area contributed by atoms with Gasteiger partial charge in [-0.3, -0.25) is 0 Å². The van der Waals surface area contributed by atoms with Gasteiger partial charge >= 0.3 is 0 Å². The van der Waals surface area contributed by atoms with Gasteiger partial charge in [0.05, 0.1) is 61.7 Å². The minimum absolute atomic E-state index is 0.0150. The Morgan fingerprint density at radius 3 is 1.70 bits per heavy atom. The summed E-state index contributed by atoms with van der Waals surface area (Å²) in [5, 5.41) is 51.7. The Labute approximate surface area is 326 Å². The fourth-order valence-electron chi connectivity index (χ4n) is 7.13. The molecule has 10 nitrogen and oxygen atoms in total. The van der Waals surface area contributed by atoms with Crippen LogP contribution >= 0.6 is 0 Å². The summed E-state index contributed by atoms with van der Waals surface area (Å²) in [6.45, 7) is 39.6. The van der Waals surface area contributed by atoms with Crippen molar-refractivity contribution < 1.29 is 5.11 Å². The van der Waals surface area contributed by atoms with Crippen molar-refractivity contribution in [3.8, 4) is 30.0 Å². The van der Waals surface area contributed by atoms with Crippen LogP contribution in [0.4, 0.5) is 17.1 Å². The van der Waals surface area contributed by atoms with Crippen molar-refractivity contribution in [2.75, 3.05) is 0 Å². The Balaban J connectivity index is 1.65. The van der Waals surface area contributed by atoms with Gasteiger partial charge in [-0.2, -0.15) is 21.0 Å². The Bertz CT molecular complexity index is 3170. The maximum absolute atomic E-state index is 10.9. The van der Waals surface area contributed by atoms with Gasteiger partial charge in [0.15, 0.2) is 22.8 Å². The van der Waals surface area contributed by atoms with Gasteiger partial charge in [0, 0.05) is 22.3 Å². The second kappa shape index (κ2) is 14.4. The van der Waals surface area contributed by atoms with Crippen LogP contribution in [0.1, 0.15) is 55.6 Å². The number of rotatable bonds is 4. The molecule has 1 N–H and O–H groups in total. The van der Waals surface area contributed by atoms with E-state index in [1.54, 1.807) is 60.7 Å². The summed E-state index contributed by atoms with van der Waals surface area (Å²) >= 11 is 0. The summed E-state index contributed by atoms with van der Waals surface area (Å²) in [6, 6.07) is 33.5. The summed E-state index contributed by atoms with van der Waals surface area (Å²) in [6.07, 6.45) is 0. The summed E-state index contributed by atoms with van der Waals surface area (Å²) in [5.74, 6) is -0.243. The molecule has 2 aliphatic rings. The van der Waals surface area contributed by atoms with E-state index in [2.05, 4.69) is 42.4 Å². The van der Waals surface area contributed by atoms with Gasteiger partial charge in [-0.1, -0.05) is 48.5 Å². The zero-order chi connectivity index (χ0) is 40.4. The molecule has 0 amide bonds. The van der Waals surface area contributed by atoms with Crippen LogP contribution in [-0.2, 0) is 0 Å². The second-order valence-electron chi connectivity index (χ2n) is 12.5. The van der Waals surface area contributed by atoms with Crippen LogP contribution < -0.4 is 0 Å². The van der Waals surface area contributed by atoms with Gasteiger partial charge in [0.25, 0.3) is 0 Å². The van der Waals surface area contributed by atoms with E-state index in [0.717, 1.165) is 0 Å². The first kappa shape index (κ1) is 35.7. The Kier molecular flexibility index (Phi) is 8.98. The zero-order valence-corrected chi connectivity index (χ0v) is 29.2. The Hall–Kier alpha value is -9.73. The highest BCUT2D eigenvalue weighted by atomic mass is 16.3. The standard InChI is InChI=1S/C47H17N9O/c1-52-32-12-10-29(11-13-32)43-45(46(55-4)31-17-34(54-3)19-35(57)18-31)38-20-36-37(21-39(38)47(43)56-5)44(40(24-50)30-14-27(23-49)15-33(16-30)53-2)42(41(36)25-51)28-8-6-26(22-48)7-9-28/h6-21,57H/b44-40+,46-45-. The highest BCUT2D eigenvalue weighted by molar-refractivity contribution is 6.33. The molecule has 0 bridgehead atoms. The van der Waals surface area contributed by atoms with Crippen molar-refractivity contribution in [1.82, 2.24) is 0 Å². The Morgan fingerprint density at radius 2 is 1.11 bits per heavy atom. The molecular weight excluding hydrogens is 707 g/mol. The minimum Gasteiger partial charge on any atom is -0.509 e. The molecule has 5 aromatic rings. The SMILES string of the molecule is [C-]#[N+]C1=C(c2ccc([N+]#[C-])cc2)/C(=C(\[N+]#[C-])c2cc(O)cc([N+]#[C-])c2)c2cc3c(cc21)/C(=C(/C#N)c1cc(C#N)cc([N+]#[C-])c1)C(c1ccc(C#N)cc1)=C3C#N. The fourth-order valence-corrected chi connectivity index (χ4v) is 7.13. The smallest absolute Gasteiger partial charge is 0.201 e. The van der Waals surface area contributed by atoms with E-state index in [9.17, 15) is 26.2 Å². The lowest BCUT2D eigenvalue weighted by Crippen LogP contribution is -1.96. The molecule has 256 valence electrons. The van der Waals surface area contributed by atoms with Crippen LogP contribution in [0.3, 0.4) is 0 Å². The Morgan fingerprint density at radius 1 is 0.509 bits per heavy atom. The molecule has 0 fully saturated rings. The van der Waals surface area contributed by atoms with Crippen molar-refractivity contribution in [3.63, 3.8) is 0 Å². The monoisotopic (exact) mass is 723 g/mol. The normalized spacial score (nSPS) is 13.8. The minimum atomic E-state index is -0.243.